The summed E-state index contributed by atoms with van der Waals surface area (Å²) in [5, 5.41) is 3.27. The molecule has 0 unspecified atom stereocenters. The van der Waals surface area contributed by atoms with Gasteiger partial charge in [-0.15, -0.1) is 0 Å². The van der Waals surface area contributed by atoms with Crippen LogP contribution >= 0.6 is 11.8 Å². The number of nitrogens with one attached hydrogen (secondary N) is 1. The van der Waals surface area contributed by atoms with Crippen LogP contribution in [0, 0.1) is 20.8 Å². The van der Waals surface area contributed by atoms with Gasteiger partial charge in [-0.2, -0.15) is 0 Å². The zero-order chi connectivity index (χ0) is 22.7. The molecule has 0 fully saturated rings. The highest BCUT2D eigenvalue weighted by Crippen LogP contribution is 2.36. The molecule has 1 aliphatic heterocycles. The monoisotopic (exact) mass is 442 g/mol. The maximum atomic E-state index is 13.3. The van der Waals surface area contributed by atoms with Gasteiger partial charge in [0, 0.05) is 17.1 Å². The Hall–Kier alpha value is -3.31. The van der Waals surface area contributed by atoms with Gasteiger partial charge in [0.1, 0.15) is 10.6 Å². The van der Waals surface area contributed by atoms with E-state index in [1.807, 2.05) is 87.5 Å². The Morgan fingerprint density at radius 3 is 2.19 bits per heavy atom. The number of carbonyl (C=O) groups is 2. The minimum absolute atomic E-state index is 0.247. The summed E-state index contributed by atoms with van der Waals surface area (Å²) in [5.74, 6) is -0.524. The average molecular weight is 443 g/mol. The van der Waals surface area contributed by atoms with Crippen molar-refractivity contribution < 1.29 is 9.59 Å². The first-order valence-corrected chi connectivity index (χ1v) is 11.5. The second-order valence-electron chi connectivity index (χ2n) is 8.06. The van der Waals surface area contributed by atoms with E-state index in [1.54, 1.807) is 0 Å². The fourth-order valence-corrected chi connectivity index (χ4v) is 4.61. The number of hydrogen-bond acceptors (Lipinski definition) is 4. The van der Waals surface area contributed by atoms with Gasteiger partial charge in [0.05, 0.1) is 0 Å². The zero-order valence-electron chi connectivity index (χ0n) is 18.5. The third-order valence-corrected chi connectivity index (χ3v) is 6.57. The molecule has 1 N–H and O–H groups in total. The highest BCUT2D eigenvalue weighted by molar-refractivity contribution is 8.04. The maximum Gasteiger partial charge on any atom is 0.278 e. The van der Waals surface area contributed by atoms with E-state index in [4.69, 9.17) is 0 Å². The number of aryl methyl sites for hydroxylation is 3. The summed E-state index contributed by atoms with van der Waals surface area (Å²) in [7, 11) is 0. The van der Waals surface area contributed by atoms with Gasteiger partial charge < -0.3 is 5.32 Å². The Labute approximate surface area is 193 Å². The maximum absolute atomic E-state index is 13.3. The van der Waals surface area contributed by atoms with Crippen molar-refractivity contribution in [2.45, 2.75) is 32.1 Å². The number of anilines is 1. The number of amides is 2. The van der Waals surface area contributed by atoms with Crippen LogP contribution in [-0.2, 0) is 16.0 Å². The fraction of sp³-hybridized carbons (Fsp3) is 0.185. The van der Waals surface area contributed by atoms with Crippen LogP contribution in [0.4, 0.5) is 5.69 Å². The van der Waals surface area contributed by atoms with Crippen LogP contribution in [0.3, 0.4) is 0 Å². The minimum Gasteiger partial charge on any atom is -0.350 e. The highest BCUT2D eigenvalue weighted by Gasteiger charge is 2.39. The van der Waals surface area contributed by atoms with Crippen molar-refractivity contribution in [3.8, 4) is 0 Å². The van der Waals surface area contributed by atoms with Crippen LogP contribution < -0.4 is 5.32 Å². The SMILES string of the molecule is Cc1ccc(SC2=C(Nc3ccc(C)cc3C)C(=O)N(CCc3ccccc3)C2=O)cc1. The molecule has 3 aromatic carbocycles. The van der Waals surface area contributed by atoms with Crippen LogP contribution in [0.15, 0.2) is 88.3 Å². The number of carbonyl (C=O) groups excluding carboxylic acids is 2. The lowest BCUT2D eigenvalue weighted by Gasteiger charge is -2.15. The van der Waals surface area contributed by atoms with Crippen LogP contribution in [0.5, 0.6) is 0 Å². The topological polar surface area (TPSA) is 49.4 Å². The summed E-state index contributed by atoms with van der Waals surface area (Å²) in [6.07, 6.45) is 0.623. The van der Waals surface area contributed by atoms with Gasteiger partial charge in [0.25, 0.3) is 11.8 Å². The van der Waals surface area contributed by atoms with Crippen molar-refractivity contribution in [1.82, 2.24) is 4.90 Å². The van der Waals surface area contributed by atoms with Crippen molar-refractivity contribution in [1.29, 1.82) is 0 Å². The first kappa shape index (κ1) is 21.9. The molecule has 0 aliphatic carbocycles. The molecule has 4 nitrogen and oxygen atoms in total. The Balaban J connectivity index is 1.64. The summed E-state index contributed by atoms with van der Waals surface area (Å²) in [6, 6.07) is 23.9. The molecule has 0 spiro atoms. The van der Waals surface area contributed by atoms with E-state index in [1.165, 1.54) is 16.7 Å². The van der Waals surface area contributed by atoms with Crippen LogP contribution in [0.1, 0.15) is 22.3 Å². The summed E-state index contributed by atoms with van der Waals surface area (Å²) in [5.41, 5.74) is 5.60. The van der Waals surface area contributed by atoms with E-state index in [0.717, 1.165) is 32.8 Å². The van der Waals surface area contributed by atoms with Crippen LogP contribution in [0.2, 0.25) is 0 Å². The second kappa shape index (κ2) is 9.45. The molecule has 162 valence electrons. The van der Waals surface area contributed by atoms with Crippen molar-refractivity contribution in [3.63, 3.8) is 0 Å². The highest BCUT2D eigenvalue weighted by atomic mass is 32.2. The number of rotatable bonds is 7. The molecule has 1 aliphatic rings. The number of imide groups is 1. The van der Waals surface area contributed by atoms with Gasteiger partial charge >= 0.3 is 0 Å². The van der Waals surface area contributed by atoms with Crippen molar-refractivity contribution >= 4 is 29.3 Å². The number of hydrogen-bond donors (Lipinski definition) is 1. The Morgan fingerprint density at radius 1 is 0.812 bits per heavy atom. The lowest BCUT2D eigenvalue weighted by Crippen LogP contribution is -2.34. The van der Waals surface area contributed by atoms with E-state index in [-0.39, 0.29) is 11.8 Å². The van der Waals surface area contributed by atoms with E-state index in [9.17, 15) is 9.59 Å². The smallest absolute Gasteiger partial charge is 0.278 e. The van der Waals surface area contributed by atoms with Crippen LogP contribution in [-0.4, -0.2) is 23.3 Å². The zero-order valence-corrected chi connectivity index (χ0v) is 19.3. The molecule has 2 amide bonds. The molecular formula is C27H26N2O2S. The number of nitrogens with zero attached hydrogens (tertiary/aromatic N) is 1. The van der Waals surface area contributed by atoms with E-state index in [2.05, 4.69) is 11.4 Å². The second-order valence-corrected chi connectivity index (χ2v) is 9.14. The van der Waals surface area contributed by atoms with Crippen molar-refractivity contribution in [2.75, 3.05) is 11.9 Å². The molecular weight excluding hydrogens is 416 g/mol. The van der Waals surface area contributed by atoms with Gasteiger partial charge in [0.2, 0.25) is 0 Å². The normalized spacial score (nSPS) is 13.8. The first-order chi connectivity index (χ1) is 15.4. The molecule has 0 saturated carbocycles. The van der Waals surface area contributed by atoms with Gasteiger partial charge in [0.15, 0.2) is 0 Å². The number of thioether (sulfide) groups is 1. The first-order valence-electron chi connectivity index (χ1n) is 10.7. The predicted octanol–water partition coefficient (Wildman–Crippen LogP) is 5.64. The Kier molecular flexibility index (Phi) is 6.47. The Bertz CT molecular complexity index is 1180. The molecule has 0 radical (unpaired) electrons. The van der Waals surface area contributed by atoms with Crippen LogP contribution in [0.25, 0.3) is 0 Å². The van der Waals surface area contributed by atoms with Gasteiger partial charge in [-0.1, -0.05) is 77.5 Å². The number of benzene rings is 3. The average Bonchev–Trinajstić information content (AvgIpc) is 3.00. The lowest BCUT2D eigenvalue weighted by atomic mass is 10.1. The summed E-state index contributed by atoms with van der Waals surface area (Å²) < 4.78 is 0. The third kappa shape index (κ3) is 4.78. The third-order valence-electron chi connectivity index (χ3n) is 5.47. The minimum atomic E-state index is -0.277. The summed E-state index contributed by atoms with van der Waals surface area (Å²) >= 11 is 1.34. The lowest BCUT2D eigenvalue weighted by molar-refractivity contribution is -0.137. The fourth-order valence-electron chi connectivity index (χ4n) is 3.66. The molecule has 32 heavy (non-hydrogen) atoms. The molecule has 0 atom stereocenters. The molecule has 3 aromatic rings. The molecule has 0 bridgehead atoms. The van der Waals surface area contributed by atoms with E-state index < -0.39 is 0 Å². The van der Waals surface area contributed by atoms with Gasteiger partial charge in [-0.25, -0.2) is 0 Å². The standard InChI is InChI=1S/C27H26N2O2S/c1-18-9-12-22(13-10-18)32-25-24(28-23-14-11-19(2)17-20(23)3)26(30)29(27(25)31)16-15-21-7-5-4-6-8-21/h4-14,17,28H,15-16H2,1-3H3. The van der Waals surface area contributed by atoms with Gasteiger partial charge in [-0.3, -0.25) is 14.5 Å². The van der Waals surface area contributed by atoms with E-state index >= 15 is 0 Å². The predicted molar refractivity (Wildman–Crippen MR) is 130 cm³/mol. The molecule has 1 heterocycles. The van der Waals surface area contributed by atoms with E-state index in [0.29, 0.717) is 23.6 Å². The largest absolute Gasteiger partial charge is 0.350 e. The van der Waals surface area contributed by atoms with Crippen molar-refractivity contribution in [3.05, 3.63) is 106 Å². The van der Waals surface area contributed by atoms with Crippen molar-refractivity contribution in [2.24, 2.45) is 0 Å². The summed E-state index contributed by atoms with van der Waals surface area (Å²) in [6.45, 7) is 6.40. The molecule has 0 saturated heterocycles. The van der Waals surface area contributed by atoms with Gasteiger partial charge in [-0.05, 0) is 56.5 Å². The molecule has 4 rings (SSSR count). The summed E-state index contributed by atoms with van der Waals surface area (Å²) in [4.78, 5) is 29.4. The molecule has 5 heteroatoms. The molecule has 0 aromatic heterocycles. The Morgan fingerprint density at radius 2 is 1.50 bits per heavy atom. The quantitative estimate of drug-likeness (QED) is 0.481.